The van der Waals surface area contributed by atoms with Gasteiger partial charge in [-0.1, -0.05) is 17.7 Å². The van der Waals surface area contributed by atoms with Gasteiger partial charge in [0.1, 0.15) is 12.2 Å². The van der Waals surface area contributed by atoms with Crippen molar-refractivity contribution in [2.45, 2.75) is 19.9 Å². The summed E-state index contributed by atoms with van der Waals surface area (Å²) in [5, 5.41) is 14.2. The zero-order chi connectivity index (χ0) is 10.3. The van der Waals surface area contributed by atoms with Gasteiger partial charge in [-0.25, -0.2) is 0 Å². The van der Waals surface area contributed by atoms with Crippen LogP contribution in [-0.2, 0) is 0 Å². The third kappa shape index (κ3) is 1.47. The van der Waals surface area contributed by atoms with Crippen LogP contribution in [0.25, 0.3) is 12.3 Å². The molecule has 0 saturated heterocycles. The Morgan fingerprint density at radius 1 is 1.29 bits per heavy atom. The first-order valence-electron chi connectivity index (χ1n) is 4.87. The van der Waals surface area contributed by atoms with Gasteiger partial charge in [0, 0.05) is 5.22 Å². The van der Waals surface area contributed by atoms with E-state index in [0.29, 0.717) is 0 Å². The molecule has 2 unspecified atom stereocenters. The molecule has 74 valence electrons. The summed E-state index contributed by atoms with van der Waals surface area (Å²) >= 11 is 0. The van der Waals surface area contributed by atoms with Crippen LogP contribution in [0.3, 0.4) is 0 Å². The van der Waals surface area contributed by atoms with E-state index >= 15 is 0 Å². The standard InChI is InChI=1S/C12H15NO/c1-9-4-5-11-7-10(2)13(3,14)8-12(11)6-9/h4-8,10H,1-3H3. The lowest BCUT2D eigenvalue weighted by Gasteiger charge is -2.40. The average Bonchev–Trinajstić information content (AvgIpc) is 2.07. The van der Waals surface area contributed by atoms with Crippen molar-refractivity contribution in [1.29, 1.82) is 0 Å². The molecule has 0 amide bonds. The van der Waals surface area contributed by atoms with Crippen LogP contribution in [0.4, 0.5) is 0 Å². The smallest absolute Gasteiger partial charge is 0.109 e. The van der Waals surface area contributed by atoms with E-state index in [9.17, 15) is 5.21 Å². The number of hydroxylamine groups is 3. The number of quaternary nitrogens is 1. The normalized spacial score (nSPS) is 30.1. The number of hydrogen-bond donors (Lipinski definition) is 0. The van der Waals surface area contributed by atoms with Crippen molar-refractivity contribution >= 4 is 12.3 Å². The van der Waals surface area contributed by atoms with Gasteiger partial charge in [-0.2, -0.15) is 0 Å². The Labute approximate surface area is 84.0 Å². The van der Waals surface area contributed by atoms with E-state index in [-0.39, 0.29) is 10.7 Å². The van der Waals surface area contributed by atoms with Gasteiger partial charge in [0.15, 0.2) is 0 Å². The number of nitrogens with zero attached hydrogens (tertiary/aromatic N) is 1. The van der Waals surface area contributed by atoms with Crippen molar-refractivity contribution in [2.75, 3.05) is 7.05 Å². The van der Waals surface area contributed by atoms with Crippen LogP contribution in [0, 0.1) is 12.1 Å². The maximum absolute atomic E-state index is 12.0. The van der Waals surface area contributed by atoms with E-state index in [0.717, 1.165) is 5.22 Å². The molecule has 14 heavy (non-hydrogen) atoms. The number of aryl methyl sites for hydroxylation is 1. The minimum atomic E-state index is -0.309. The molecule has 1 aliphatic rings. The summed E-state index contributed by atoms with van der Waals surface area (Å²) in [6, 6.07) is 6.23. The van der Waals surface area contributed by atoms with Crippen LogP contribution >= 0.6 is 0 Å². The molecular weight excluding hydrogens is 174 g/mol. The summed E-state index contributed by atoms with van der Waals surface area (Å²) in [5.74, 6) is 0. The lowest BCUT2D eigenvalue weighted by atomic mass is 10.1. The number of benzene rings is 1. The second kappa shape index (κ2) is 2.94. The highest BCUT2D eigenvalue weighted by Crippen LogP contribution is 2.11. The Hall–Kier alpha value is -1.12. The van der Waals surface area contributed by atoms with Crippen LogP contribution in [0.1, 0.15) is 12.5 Å². The first-order chi connectivity index (χ1) is 6.49. The molecule has 1 aliphatic heterocycles. The summed E-state index contributed by atoms with van der Waals surface area (Å²) in [4.78, 5) is 0. The molecule has 0 aliphatic carbocycles. The van der Waals surface area contributed by atoms with Gasteiger partial charge in [-0.15, -0.1) is 0 Å². The third-order valence-corrected chi connectivity index (χ3v) is 2.87. The number of hydrogen-bond acceptors (Lipinski definition) is 1. The molecule has 0 saturated carbocycles. The Morgan fingerprint density at radius 2 is 2.00 bits per heavy atom. The fourth-order valence-electron chi connectivity index (χ4n) is 1.76. The van der Waals surface area contributed by atoms with E-state index in [1.165, 1.54) is 10.8 Å². The van der Waals surface area contributed by atoms with Crippen LogP contribution in [0.5, 0.6) is 0 Å². The second-order valence-corrected chi connectivity index (χ2v) is 4.23. The minimum absolute atomic E-state index is 0.00482. The first kappa shape index (κ1) is 9.44. The molecule has 2 nitrogen and oxygen atoms in total. The summed E-state index contributed by atoms with van der Waals surface area (Å²) in [6.45, 7) is 3.99. The minimum Gasteiger partial charge on any atom is -0.628 e. The Bertz CT molecular complexity index is 474. The molecule has 1 aromatic carbocycles. The zero-order valence-corrected chi connectivity index (χ0v) is 8.82. The summed E-state index contributed by atoms with van der Waals surface area (Å²) < 4.78 is -0.309. The lowest BCUT2D eigenvalue weighted by Crippen LogP contribution is -2.47. The van der Waals surface area contributed by atoms with E-state index in [4.69, 9.17) is 0 Å². The van der Waals surface area contributed by atoms with Crippen molar-refractivity contribution < 1.29 is 4.65 Å². The summed E-state index contributed by atoms with van der Waals surface area (Å²) in [6.07, 6.45) is 3.83. The van der Waals surface area contributed by atoms with Crippen molar-refractivity contribution in [3.05, 3.63) is 39.4 Å². The van der Waals surface area contributed by atoms with Crippen LogP contribution in [0.2, 0.25) is 0 Å². The maximum Gasteiger partial charge on any atom is 0.109 e. The van der Waals surface area contributed by atoms with Crippen LogP contribution in [-0.4, -0.2) is 17.7 Å². The fraction of sp³-hybridized carbons (Fsp3) is 0.333. The molecule has 0 radical (unpaired) electrons. The Balaban J connectivity index is 2.74. The lowest BCUT2D eigenvalue weighted by molar-refractivity contribution is -0.794. The van der Waals surface area contributed by atoms with Crippen LogP contribution in [0.15, 0.2) is 18.2 Å². The highest BCUT2D eigenvalue weighted by Gasteiger charge is 2.17. The van der Waals surface area contributed by atoms with Crippen molar-refractivity contribution in [1.82, 2.24) is 0 Å². The van der Waals surface area contributed by atoms with E-state index in [1.54, 1.807) is 13.2 Å². The molecule has 2 rings (SSSR count). The second-order valence-electron chi connectivity index (χ2n) is 4.23. The number of fused-ring (bicyclic) bond motifs is 1. The van der Waals surface area contributed by atoms with E-state index in [2.05, 4.69) is 18.2 Å². The van der Waals surface area contributed by atoms with E-state index in [1.807, 2.05) is 19.9 Å². The monoisotopic (exact) mass is 189 g/mol. The third-order valence-electron chi connectivity index (χ3n) is 2.87. The molecule has 0 bridgehead atoms. The topological polar surface area (TPSA) is 23.1 Å². The molecule has 0 aromatic heterocycles. The van der Waals surface area contributed by atoms with Crippen molar-refractivity contribution in [2.24, 2.45) is 0 Å². The van der Waals surface area contributed by atoms with Gasteiger partial charge in [-0.3, -0.25) is 0 Å². The quantitative estimate of drug-likeness (QED) is 0.438. The summed E-state index contributed by atoms with van der Waals surface area (Å²) in [5.41, 5.74) is 1.20. The Morgan fingerprint density at radius 3 is 2.71 bits per heavy atom. The molecule has 0 N–H and O–H groups in total. The molecule has 0 fully saturated rings. The van der Waals surface area contributed by atoms with Gasteiger partial charge in [0.2, 0.25) is 0 Å². The van der Waals surface area contributed by atoms with Gasteiger partial charge in [0.05, 0.1) is 7.05 Å². The molecular formula is C12H15NO. The number of rotatable bonds is 0. The van der Waals surface area contributed by atoms with Gasteiger partial charge < -0.3 is 9.85 Å². The predicted octanol–water partition coefficient (Wildman–Crippen LogP) is 0.860. The highest BCUT2D eigenvalue weighted by molar-refractivity contribution is 5.38. The van der Waals surface area contributed by atoms with Crippen molar-refractivity contribution in [3.63, 3.8) is 0 Å². The zero-order valence-electron chi connectivity index (χ0n) is 8.82. The van der Waals surface area contributed by atoms with E-state index < -0.39 is 0 Å². The molecule has 0 spiro atoms. The fourth-order valence-corrected chi connectivity index (χ4v) is 1.76. The molecule has 2 heteroatoms. The first-order valence-corrected chi connectivity index (χ1v) is 4.87. The SMILES string of the molecule is Cc1ccc2c(c1)=C[N+](C)([O-])C(C)C=2. The van der Waals surface area contributed by atoms with Crippen LogP contribution < -0.4 is 10.4 Å². The van der Waals surface area contributed by atoms with Gasteiger partial charge in [-0.05, 0) is 31.2 Å². The molecule has 2 atom stereocenters. The Kier molecular flexibility index (Phi) is 1.98. The van der Waals surface area contributed by atoms with Crippen molar-refractivity contribution in [3.8, 4) is 0 Å². The largest absolute Gasteiger partial charge is 0.628 e. The van der Waals surface area contributed by atoms with Gasteiger partial charge in [0.25, 0.3) is 0 Å². The average molecular weight is 189 g/mol. The molecule has 1 aromatic rings. The predicted molar refractivity (Wildman–Crippen MR) is 58.4 cm³/mol. The highest BCUT2D eigenvalue weighted by atomic mass is 16.5. The van der Waals surface area contributed by atoms with Gasteiger partial charge >= 0.3 is 0 Å². The maximum atomic E-state index is 12.0. The molecule has 1 heterocycles. The summed E-state index contributed by atoms with van der Waals surface area (Å²) in [7, 11) is 1.69.